The predicted octanol–water partition coefficient (Wildman–Crippen LogP) is 2.59. The summed E-state index contributed by atoms with van der Waals surface area (Å²) in [5.74, 6) is -1.10. The van der Waals surface area contributed by atoms with Gasteiger partial charge in [-0.1, -0.05) is 6.07 Å². The Morgan fingerprint density at radius 1 is 1.32 bits per heavy atom. The van der Waals surface area contributed by atoms with Crippen LogP contribution in [0.1, 0.15) is 31.7 Å². The van der Waals surface area contributed by atoms with Gasteiger partial charge in [0.05, 0.1) is 6.54 Å². The number of benzene rings is 1. The van der Waals surface area contributed by atoms with Gasteiger partial charge < -0.3 is 15.7 Å². The molecule has 1 aliphatic heterocycles. The highest BCUT2D eigenvalue weighted by Crippen LogP contribution is 2.24. The molecule has 1 aliphatic rings. The molecule has 22 heavy (non-hydrogen) atoms. The summed E-state index contributed by atoms with van der Waals surface area (Å²) in [4.78, 5) is 6.13. The lowest BCUT2D eigenvalue weighted by atomic mass is 9.95. The van der Waals surface area contributed by atoms with E-state index in [4.69, 9.17) is 5.73 Å². The normalized spacial score (nSPS) is 18.5. The summed E-state index contributed by atoms with van der Waals surface area (Å²) in [6.45, 7) is 3.07. The van der Waals surface area contributed by atoms with E-state index in [9.17, 15) is 13.9 Å². The number of likely N-dealkylation sites (tertiary alicyclic amines) is 1. The lowest BCUT2D eigenvalue weighted by Crippen LogP contribution is -2.41. The second-order valence-corrected chi connectivity index (χ2v) is 5.62. The molecule has 1 heterocycles. The van der Waals surface area contributed by atoms with Crippen LogP contribution in [0, 0.1) is 11.6 Å². The highest BCUT2D eigenvalue weighted by atomic mass is 127. The summed E-state index contributed by atoms with van der Waals surface area (Å²) in [6.07, 6.45) is 3.32. The molecule has 1 unspecified atom stereocenters. The van der Waals surface area contributed by atoms with Gasteiger partial charge in [-0.3, -0.25) is 0 Å². The smallest absolute Gasteiger partial charge is 0.191 e. The molecular weight excluding hydrogens is 403 g/mol. The molecule has 0 bridgehead atoms. The van der Waals surface area contributed by atoms with Crippen molar-refractivity contribution in [2.24, 2.45) is 10.7 Å². The molecule has 2 rings (SSSR count). The van der Waals surface area contributed by atoms with E-state index < -0.39 is 17.2 Å². The number of hydrogen-bond acceptors (Lipinski definition) is 2. The Kier molecular flexibility index (Phi) is 6.98. The van der Waals surface area contributed by atoms with Gasteiger partial charge in [0.1, 0.15) is 17.2 Å². The fourth-order valence-electron chi connectivity index (χ4n) is 2.47. The molecule has 124 valence electrons. The first-order valence-corrected chi connectivity index (χ1v) is 7.13. The maximum atomic E-state index is 13.7. The summed E-state index contributed by atoms with van der Waals surface area (Å²) in [5.41, 5.74) is 4.39. The molecule has 0 saturated carbocycles. The van der Waals surface area contributed by atoms with Crippen LogP contribution < -0.4 is 5.73 Å². The van der Waals surface area contributed by atoms with Gasteiger partial charge in [0.15, 0.2) is 5.96 Å². The maximum absolute atomic E-state index is 13.7. The topological polar surface area (TPSA) is 61.9 Å². The van der Waals surface area contributed by atoms with Gasteiger partial charge in [0, 0.05) is 24.7 Å². The third-order valence-corrected chi connectivity index (χ3v) is 3.74. The fraction of sp³-hybridized carbons (Fsp3) is 0.533. The van der Waals surface area contributed by atoms with E-state index in [2.05, 4.69) is 4.99 Å². The standard InChI is InChI=1S/C15H21F2N3O.HI/c1-15(21,12-6-5-11(16)9-13(12)17)10-19-14(18)20-7-3-2-4-8-20;/h5-6,9,21H,2-4,7-8,10H2,1H3,(H2,18,19);1H. The average Bonchev–Trinajstić information content (AvgIpc) is 2.45. The molecular formula is C15H22F2IN3O. The first-order chi connectivity index (χ1) is 9.90. The SMILES string of the molecule is CC(O)(CN=C(N)N1CCCCC1)c1ccc(F)cc1F.I. The van der Waals surface area contributed by atoms with Crippen molar-refractivity contribution in [3.8, 4) is 0 Å². The van der Waals surface area contributed by atoms with Crippen LogP contribution in [0.15, 0.2) is 23.2 Å². The number of hydrogen-bond donors (Lipinski definition) is 2. The number of halogens is 3. The molecule has 7 heteroatoms. The third kappa shape index (κ3) is 4.77. The molecule has 3 N–H and O–H groups in total. The molecule has 1 aromatic carbocycles. The van der Waals surface area contributed by atoms with Crippen LogP contribution in [0.3, 0.4) is 0 Å². The van der Waals surface area contributed by atoms with E-state index in [0.717, 1.165) is 38.1 Å². The zero-order valence-corrected chi connectivity index (χ0v) is 14.9. The zero-order chi connectivity index (χ0) is 15.5. The van der Waals surface area contributed by atoms with Crippen LogP contribution in [-0.2, 0) is 5.60 Å². The Bertz CT molecular complexity index is 532. The quantitative estimate of drug-likeness (QED) is 0.445. The molecule has 0 radical (unpaired) electrons. The van der Waals surface area contributed by atoms with Crippen molar-refractivity contribution in [3.63, 3.8) is 0 Å². The van der Waals surface area contributed by atoms with E-state index in [0.29, 0.717) is 5.96 Å². The number of aliphatic imine (C=N–C) groups is 1. The summed E-state index contributed by atoms with van der Waals surface area (Å²) < 4.78 is 26.7. The number of aliphatic hydroxyl groups is 1. The summed E-state index contributed by atoms with van der Waals surface area (Å²) in [6, 6.07) is 3.10. The first-order valence-electron chi connectivity index (χ1n) is 7.13. The fourth-order valence-corrected chi connectivity index (χ4v) is 2.47. The maximum Gasteiger partial charge on any atom is 0.191 e. The van der Waals surface area contributed by atoms with Crippen molar-refractivity contribution in [1.29, 1.82) is 0 Å². The van der Waals surface area contributed by atoms with E-state index in [1.807, 2.05) is 4.90 Å². The minimum Gasteiger partial charge on any atom is -0.383 e. The molecule has 0 amide bonds. The molecule has 1 aromatic rings. The Morgan fingerprint density at radius 2 is 1.95 bits per heavy atom. The Labute approximate surface area is 146 Å². The van der Waals surface area contributed by atoms with Crippen LogP contribution in [0.4, 0.5) is 8.78 Å². The molecule has 0 aliphatic carbocycles. The Morgan fingerprint density at radius 3 is 2.55 bits per heavy atom. The van der Waals surface area contributed by atoms with E-state index >= 15 is 0 Å². The van der Waals surface area contributed by atoms with Crippen LogP contribution in [0.25, 0.3) is 0 Å². The van der Waals surface area contributed by atoms with Crippen molar-refractivity contribution in [1.82, 2.24) is 4.90 Å². The van der Waals surface area contributed by atoms with Crippen LogP contribution >= 0.6 is 24.0 Å². The van der Waals surface area contributed by atoms with E-state index in [1.165, 1.54) is 19.4 Å². The van der Waals surface area contributed by atoms with Gasteiger partial charge in [0.2, 0.25) is 0 Å². The average molecular weight is 425 g/mol. The van der Waals surface area contributed by atoms with Gasteiger partial charge in [0.25, 0.3) is 0 Å². The number of rotatable bonds is 3. The van der Waals surface area contributed by atoms with Crippen LogP contribution in [-0.4, -0.2) is 35.6 Å². The number of nitrogens with two attached hydrogens (primary N) is 1. The second-order valence-electron chi connectivity index (χ2n) is 5.62. The zero-order valence-electron chi connectivity index (χ0n) is 12.6. The summed E-state index contributed by atoms with van der Waals surface area (Å²) >= 11 is 0. The third-order valence-electron chi connectivity index (χ3n) is 3.74. The van der Waals surface area contributed by atoms with Gasteiger partial charge in [-0.05, 0) is 32.3 Å². The monoisotopic (exact) mass is 425 g/mol. The molecule has 4 nitrogen and oxygen atoms in total. The summed E-state index contributed by atoms with van der Waals surface area (Å²) in [5, 5.41) is 10.4. The van der Waals surface area contributed by atoms with Crippen LogP contribution in [0.2, 0.25) is 0 Å². The molecule has 0 aromatic heterocycles. The summed E-state index contributed by atoms with van der Waals surface area (Å²) in [7, 11) is 0. The highest BCUT2D eigenvalue weighted by molar-refractivity contribution is 14.0. The number of guanidine groups is 1. The van der Waals surface area contributed by atoms with Crippen molar-refractivity contribution >= 4 is 29.9 Å². The Hall–Kier alpha value is -0.960. The van der Waals surface area contributed by atoms with Crippen molar-refractivity contribution in [3.05, 3.63) is 35.4 Å². The minimum absolute atomic E-state index is 0. The second kappa shape index (κ2) is 8.05. The lowest BCUT2D eigenvalue weighted by molar-refractivity contribution is 0.0630. The van der Waals surface area contributed by atoms with Crippen molar-refractivity contribution in [2.45, 2.75) is 31.8 Å². The van der Waals surface area contributed by atoms with Crippen molar-refractivity contribution in [2.75, 3.05) is 19.6 Å². The highest BCUT2D eigenvalue weighted by Gasteiger charge is 2.27. The van der Waals surface area contributed by atoms with E-state index in [-0.39, 0.29) is 36.1 Å². The van der Waals surface area contributed by atoms with Gasteiger partial charge >= 0.3 is 0 Å². The van der Waals surface area contributed by atoms with Crippen LogP contribution in [0.5, 0.6) is 0 Å². The molecule has 1 saturated heterocycles. The predicted molar refractivity (Wildman–Crippen MR) is 93.3 cm³/mol. The molecule has 0 spiro atoms. The number of nitrogens with zero attached hydrogens (tertiary/aromatic N) is 2. The van der Waals surface area contributed by atoms with E-state index in [1.54, 1.807) is 0 Å². The van der Waals surface area contributed by atoms with Gasteiger partial charge in [-0.15, -0.1) is 24.0 Å². The molecule has 1 atom stereocenters. The van der Waals surface area contributed by atoms with Crippen molar-refractivity contribution < 1.29 is 13.9 Å². The largest absolute Gasteiger partial charge is 0.383 e. The van der Waals surface area contributed by atoms with Gasteiger partial charge in [-0.2, -0.15) is 0 Å². The number of piperidine rings is 1. The first kappa shape index (κ1) is 19.1. The minimum atomic E-state index is -1.53. The Balaban J connectivity index is 0.00000242. The molecule has 1 fully saturated rings. The van der Waals surface area contributed by atoms with Gasteiger partial charge in [-0.25, -0.2) is 13.8 Å². The lowest BCUT2D eigenvalue weighted by Gasteiger charge is -2.29.